The number of aryl methyl sites for hydroxylation is 1. The van der Waals surface area contributed by atoms with Crippen LogP contribution >= 0.6 is 11.8 Å². The number of amides is 1. The third-order valence-corrected chi connectivity index (χ3v) is 7.67. The lowest BCUT2D eigenvalue weighted by Crippen LogP contribution is -2.37. The van der Waals surface area contributed by atoms with E-state index in [0.29, 0.717) is 22.8 Å². The molecule has 3 rings (SSSR count). The predicted molar refractivity (Wildman–Crippen MR) is 99.4 cm³/mol. The zero-order valence-electron chi connectivity index (χ0n) is 14.2. The van der Waals surface area contributed by atoms with Crippen LogP contribution in [0.3, 0.4) is 0 Å². The second kappa shape index (κ2) is 7.07. The van der Waals surface area contributed by atoms with Crippen molar-refractivity contribution in [2.24, 2.45) is 4.99 Å². The van der Waals surface area contributed by atoms with E-state index in [1.54, 1.807) is 24.0 Å². The SMILES string of the molecule is CCCCC(=O)N=C1SC2CS(=O)(=O)CC2N1c1ccc(C)c(F)c1. The summed E-state index contributed by atoms with van der Waals surface area (Å²) in [5.74, 6) is -0.509. The quantitative estimate of drug-likeness (QED) is 0.798. The van der Waals surface area contributed by atoms with Gasteiger partial charge in [-0.25, -0.2) is 12.8 Å². The summed E-state index contributed by atoms with van der Waals surface area (Å²) in [7, 11) is -3.13. The highest BCUT2D eigenvalue weighted by Crippen LogP contribution is 2.41. The van der Waals surface area contributed by atoms with E-state index in [1.807, 2.05) is 6.92 Å². The minimum atomic E-state index is -3.13. The number of fused-ring (bicyclic) bond motifs is 1. The Morgan fingerprint density at radius 1 is 1.40 bits per heavy atom. The molecule has 0 N–H and O–H groups in total. The summed E-state index contributed by atoms with van der Waals surface area (Å²) in [6.07, 6.45) is 2.03. The number of hydrogen-bond donors (Lipinski definition) is 0. The first kappa shape index (κ1) is 18.4. The average molecular weight is 384 g/mol. The zero-order chi connectivity index (χ0) is 18.2. The third-order valence-electron chi connectivity index (χ3n) is 4.46. The molecule has 0 radical (unpaired) electrons. The van der Waals surface area contributed by atoms with Gasteiger partial charge in [-0.05, 0) is 31.0 Å². The number of anilines is 1. The molecule has 0 aromatic heterocycles. The normalized spacial score (nSPS) is 26.2. The molecule has 0 bridgehead atoms. The van der Waals surface area contributed by atoms with Crippen LogP contribution in [0.2, 0.25) is 0 Å². The molecule has 0 spiro atoms. The topological polar surface area (TPSA) is 66.8 Å². The van der Waals surface area contributed by atoms with Crippen LogP contribution in [-0.2, 0) is 14.6 Å². The maximum Gasteiger partial charge on any atom is 0.248 e. The number of nitrogens with zero attached hydrogens (tertiary/aromatic N) is 2. The molecule has 1 amide bonds. The van der Waals surface area contributed by atoms with Gasteiger partial charge in [0.25, 0.3) is 0 Å². The average Bonchev–Trinajstić information content (AvgIpc) is 2.99. The lowest BCUT2D eigenvalue weighted by Gasteiger charge is -2.24. The molecule has 1 aromatic carbocycles. The van der Waals surface area contributed by atoms with Crippen LogP contribution in [0.1, 0.15) is 31.7 Å². The summed E-state index contributed by atoms with van der Waals surface area (Å²) >= 11 is 1.31. The molecule has 2 saturated heterocycles. The van der Waals surface area contributed by atoms with E-state index in [9.17, 15) is 17.6 Å². The number of rotatable bonds is 4. The van der Waals surface area contributed by atoms with Crippen molar-refractivity contribution in [2.75, 3.05) is 16.4 Å². The van der Waals surface area contributed by atoms with Crippen molar-refractivity contribution in [3.63, 3.8) is 0 Å². The smallest absolute Gasteiger partial charge is 0.248 e. The van der Waals surface area contributed by atoms with E-state index >= 15 is 0 Å². The monoisotopic (exact) mass is 384 g/mol. The Balaban J connectivity index is 1.96. The summed E-state index contributed by atoms with van der Waals surface area (Å²) in [5.41, 5.74) is 1.06. The number of carbonyl (C=O) groups excluding carboxylic acids is 1. The molecule has 2 heterocycles. The molecule has 25 heavy (non-hydrogen) atoms. The number of halogens is 1. The van der Waals surface area contributed by atoms with E-state index in [1.165, 1.54) is 17.8 Å². The maximum atomic E-state index is 14.0. The third kappa shape index (κ3) is 3.89. The molecule has 2 atom stereocenters. The molecule has 2 aliphatic rings. The molecule has 8 heteroatoms. The molecule has 2 fully saturated rings. The van der Waals surface area contributed by atoms with Crippen molar-refractivity contribution < 1.29 is 17.6 Å². The van der Waals surface area contributed by atoms with Gasteiger partial charge in [-0.2, -0.15) is 4.99 Å². The Labute approximate surface area is 151 Å². The van der Waals surface area contributed by atoms with Gasteiger partial charge in [-0.3, -0.25) is 4.79 Å². The van der Waals surface area contributed by atoms with Crippen molar-refractivity contribution in [1.29, 1.82) is 0 Å². The maximum absolute atomic E-state index is 14.0. The van der Waals surface area contributed by atoms with Crippen LogP contribution < -0.4 is 4.90 Å². The number of unbranched alkanes of at least 4 members (excludes halogenated alkanes) is 1. The zero-order valence-corrected chi connectivity index (χ0v) is 15.9. The van der Waals surface area contributed by atoms with Crippen molar-refractivity contribution in [2.45, 2.75) is 44.4 Å². The fraction of sp³-hybridized carbons (Fsp3) is 0.529. The van der Waals surface area contributed by atoms with Gasteiger partial charge in [-0.15, -0.1) is 0 Å². The van der Waals surface area contributed by atoms with Gasteiger partial charge >= 0.3 is 0 Å². The number of hydrogen-bond acceptors (Lipinski definition) is 4. The van der Waals surface area contributed by atoms with Gasteiger partial charge < -0.3 is 4.90 Å². The number of carbonyl (C=O) groups is 1. The van der Waals surface area contributed by atoms with E-state index in [2.05, 4.69) is 4.99 Å². The lowest BCUT2D eigenvalue weighted by molar-refractivity contribution is -0.117. The molecule has 0 saturated carbocycles. The Kier molecular flexibility index (Phi) is 5.20. The summed E-state index contributed by atoms with van der Waals surface area (Å²) in [4.78, 5) is 18.0. The molecule has 0 aliphatic carbocycles. The van der Waals surface area contributed by atoms with Crippen molar-refractivity contribution in [3.8, 4) is 0 Å². The number of thioether (sulfide) groups is 1. The van der Waals surface area contributed by atoms with Crippen LogP contribution in [-0.4, -0.2) is 42.3 Å². The van der Waals surface area contributed by atoms with Crippen LogP contribution in [0, 0.1) is 12.7 Å². The Morgan fingerprint density at radius 2 is 2.16 bits per heavy atom. The molecule has 136 valence electrons. The minimum Gasteiger partial charge on any atom is -0.315 e. The fourth-order valence-corrected chi connectivity index (χ4v) is 7.02. The Bertz CT molecular complexity index is 823. The molecule has 1 aromatic rings. The van der Waals surface area contributed by atoms with E-state index in [4.69, 9.17) is 0 Å². The van der Waals surface area contributed by atoms with Crippen LogP contribution in [0.5, 0.6) is 0 Å². The largest absolute Gasteiger partial charge is 0.315 e. The van der Waals surface area contributed by atoms with Crippen molar-refractivity contribution in [3.05, 3.63) is 29.6 Å². The molecule has 2 aliphatic heterocycles. The first-order valence-corrected chi connectivity index (χ1v) is 11.0. The summed E-state index contributed by atoms with van der Waals surface area (Å²) < 4.78 is 38.0. The summed E-state index contributed by atoms with van der Waals surface area (Å²) in [6.45, 7) is 3.67. The highest BCUT2D eigenvalue weighted by molar-refractivity contribution is 8.16. The standard InChI is InChI=1S/C17H21FN2O3S2/c1-3-4-5-16(21)19-17-20(12-7-6-11(2)13(18)8-12)14-9-25(22,23)10-15(14)24-17/h6-8,14-15H,3-5,9-10H2,1-2H3. The van der Waals surface area contributed by atoms with Crippen LogP contribution in [0.15, 0.2) is 23.2 Å². The minimum absolute atomic E-state index is 0.00231. The second-order valence-corrected chi connectivity index (χ2v) is 9.86. The van der Waals surface area contributed by atoms with Gasteiger partial charge in [0, 0.05) is 17.4 Å². The first-order chi connectivity index (χ1) is 11.8. The highest BCUT2D eigenvalue weighted by Gasteiger charge is 2.49. The van der Waals surface area contributed by atoms with Crippen LogP contribution in [0.4, 0.5) is 10.1 Å². The molecular weight excluding hydrogens is 363 g/mol. The number of sulfone groups is 1. The molecule has 2 unspecified atom stereocenters. The number of amidine groups is 1. The van der Waals surface area contributed by atoms with Gasteiger partial charge in [-0.1, -0.05) is 31.2 Å². The van der Waals surface area contributed by atoms with Crippen molar-refractivity contribution in [1.82, 2.24) is 0 Å². The Hall–Kier alpha value is -1.41. The van der Waals surface area contributed by atoms with Gasteiger partial charge in [0.15, 0.2) is 15.0 Å². The number of benzene rings is 1. The van der Waals surface area contributed by atoms with Crippen molar-refractivity contribution >= 4 is 38.4 Å². The van der Waals surface area contributed by atoms with E-state index in [-0.39, 0.29) is 34.5 Å². The predicted octanol–water partition coefficient (Wildman–Crippen LogP) is 2.93. The fourth-order valence-electron chi connectivity index (χ4n) is 3.09. The first-order valence-electron chi connectivity index (χ1n) is 8.34. The highest BCUT2D eigenvalue weighted by atomic mass is 32.2. The molecule has 5 nitrogen and oxygen atoms in total. The van der Waals surface area contributed by atoms with Gasteiger partial charge in [0.1, 0.15) is 5.82 Å². The Morgan fingerprint density at radius 3 is 2.84 bits per heavy atom. The lowest BCUT2D eigenvalue weighted by atomic mass is 10.1. The van der Waals surface area contributed by atoms with E-state index in [0.717, 1.165) is 12.8 Å². The number of aliphatic imine (C=N–C) groups is 1. The van der Waals surface area contributed by atoms with Gasteiger partial charge in [0.2, 0.25) is 5.91 Å². The summed E-state index contributed by atoms with van der Waals surface area (Å²) in [5, 5.41) is 0.307. The van der Waals surface area contributed by atoms with E-state index < -0.39 is 9.84 Å². The molecular formula is C17H21FN2O3S2. The summed E-state index contributed by atoms with van der Waals surface area (Å²) in [6, 6.07) is 4.48. The second-order valence-electron chi connectivity index (χ2n) is 6.50. The van der Waals surface area contributed by atoms with Crippen LogP contribution in [0.25, 0.3) is 0 Å². The van der Waals surface area contributed by atoms with Gasteiger partial charge in [0.05, 0.1) is 17.5 Å².